The van der Waals surface area contributed by atoms with Crippen LogP contribution in [-0.4, -0.2) is 36.5 Å². The summed E-state index contributed by atoms with van der Waals surface area (Å²) in [6.07, 6.45) is 5.96. The molecule has 0 aromatic heterocycles. The number of benzene rings is 1. The molecule has 5 nitrogen and oxygen atoms in total. The molecule has 5 heteroatoms. The lowest BCUT2D eigenvalue weighted by atomic mass is 10.0. The Labute approximate surface area is 154 Å². The maximum absolute atomic E-state index is 13.1. The first-order chi connectivity index (χ1) is 12.6. The Bertz CT molecular complexity index is 755. The Balaban J connectivity index is 1.97. The lowest BCUT2D eigenvalue weighted by Gasteiger charge is -2.25. The van der Waals surface area contributed by atoms with Crippen LogP contribution in [0.4, 0.5) is 0 Å². The molecule has 0 saturated heterocycles. The van der Waals surface area contributed by atoms with Gasteiger partial charge in [0.05, 0.1) is 24.9 Å². The number of hydrogen-bond donors (Lipinski definition) is 0. The molecule has 3 rings (SSSR count). The highest BCUT2D eigenvalue weighted by Crippen LogP contribution is 2.37. The van der Waals surface area contributed by atoms with Crippen molar-refractivity contribution in [3.8, 4) is 5.75 Å². The topological polar surface area (TPSA) is 55.8 Å². The summed E-state index contributed by atoms with van der Waals surface area (Å²) in [6.45, 7) is 4.37. The van der Waals surface area contributed by atoms with E-state index >= 15 is 0 Å². The van der Waals surface area contributed by atoms with Crippen LogP contribution in [0.25, 0.3) is 6.08 Å². The van der Waals surface area contributed by atoms with Crippen LogP contribution >= 0.6 is 0 Å². The normalized spacial score (nSPS) is 19.6. The quantitative estimate of drug-likeness (QED) is 0.597. The third kappa shape index (κ3) is 3.39. The lowest BCUT2D eigenvalue weighted by Crippen LogP contribution is -2.34. The van der Waals surface area contributed by atoms with Crippen LogP contribution in [0.3, 0.4) is 0 Å². The van der Waals surface area contributed by atoms with Crippen LogP contribution in [-0.2, 0) is 14.3 Å². The SMILES string of the molecule is CCOc1ccc(C=C2C(=O)N(C3CCCC3)C(C)=C2C(=O)OC)cc1. The van der Waals surface area contributed by atoms with E-state index in [1.807, 2.05) is 38.1 Å². The lowest BCUT2D eigenvalue weighted by molar-refractivity contribution is -0.136. The van der Waals surface area contributed by atoms with Crippen LogP contribution in [0, 0.1) is 0 Å². The number of rotatable bonds is 5. The van der Waals surface area contributed by atoms with Gasteiger partial charge in [-0.15, -0.1) is 0 Å². The Morgan fingerprint density at radius 3 is 2.46 bits per heavy atom. The number of carbonyl (C=O) groups is 2. The maximum Gasteiger partial charge on any atom is 0.340 e. The van der Waals surface area contributed by atoms with Crippen molar-refractivity contribution in [3.63, 3.8) is 0 Å². The highest BCUT2D eigenvalue weighted by Gasteiger charge is 2.40. The van der Waals surface area contributed by atoms with Gasteiger partial charge in [0.1, 0.15) is 5.75 Å². The smallest absolute Gasteiger partial charge is 0.340 e. The van der Waals surface area contributed by atoms with Crippen LogP contribution < -0.4 is 4.74 Å². The molecule has 0 N–H and O–H groups in total. The molecule has 0 spiro atoms. The Morgan fingerprint density at radius 2 is 1.88 bits per heavy atom. The third-order valence-corrected chi connectivity index (χ3v) is 5.02. The predicted molar refractivity (Wildman–Crippen MR) is 99.4 cm³/mol. The van der Waals surface area contributed by atoms with Gasteiger partial charge in [0.15, 0.2) is 0 Å². The fourth-order valence-corrected chi connectivity index (χ4v) is 3.79. The van der Waals surface area contributed by atoms with Crippen LogP contribution in [0.1, 0.15) is 45.1 Å². The van der Waals surface area contributed by atoms with Gasteiger partial charge < -0.3 is 14.4 Å². The Kier molecular flexibility index (Phi) is 5.45. The first kappa shape index (κ1) is 18.2. The zero-order chi connectivity index (χ0) is 18.7. The number of methoxy groups -OCH3 is 1. The number of allylic oxidation sites excluding steroid dienone is 1. The van der Waals surface area contributed by atoms with E-state index in [4.69, 9.17) is 9.47 Å². The molecule has 1 aromatic rings. The van der Waals surface area contributed by atoms with Crippen molar-refractivity contribution >= 4 is 18.0 Å². The van der Waals surface area contributed by atoms with Gasteiger partial charge in [-0.2, -0.15) is 0 Å². The van der Waals surface area contributed by atoms with Gasteiger partial charge in [0.25, 0.3) is 5.91 Å². The average Bonchev–Trinajstić information content (AvgIpc) is 3.24. The van der Waals surface area contributed by atoms with Crippen LogP contribution in [0.2, 0.25) is 0 Å². The summed E-state index contributed by atoms with van der Waals surface area (Å²) >= 11 is 0. The minimum atomic E-state index is -0.464. The Morgan fingerprint density at radius 1 is 1.23 bits per heavy atom. The molecule has 0 atom stereocenters. The van der Waals surface area contributed by atoms with Gasteiger partial charge in [-0.25, -0.2) is 4.79 Å². The summed E-state index contributed by atoms with van der Waals surface area (Å²) < 4.78 is 10.4. The summed E-state index contributed by atoms with van der Waals surface area (Å²) in [5.74, 6) is 0.206. The molecule has 1 aromatic carbocycles. The summed E-state index contributed by atoms with van der Waals surface area (Å²) in [5.41, 5.74) is 2.33. The monoisotopic (exact) mass is 355 g/mol. The first-order valence-electron chi connectivity index (χ1n) is 9.14. The minimum absolute atomic E-state index is 0.108. The Hall–Kier alpha value is -2.56. The molecule has 0 unspecified atom stereocenters. The van der Waals surface area contributed by atoms with Crippen molar-refractivity contribution in [2.24, 2.45) is 0 Å². The van der Waals surface area contributed by atoms with Crippen LogP contribution in [0.15, 0.2) is 41.1 Å². The van der Waals surface area contributed by atoms with Gasteiger partial charge >= 0.3 is 5.97 Å². The summed E-state index contributed by atoms with van der Waals surface area (Å²) in [5, 5.41) is 0. The minimum Gasteiger partial charge on any atom is -0.494 e. The molecule has 0 bridgehead atoms. The van der Waals surface area contributed by atoms with Crippen molar-refractivity contribution in [1.29, 1.82) is 0 Å². The number of carbonyl (C=O) groups excluding carboxylic acids is 2. The second-order valence-electron chi connectivity index (χ2n) is 6.63. The van der Waals surface area contributed by atoms with E-state index in [1.165, 1.54) is 7.11 Å². The fraction of sp³-hybridized carbons (Fsp3) is 0.429. The van der Waals surface area contributed by atoms with E-state index in [2.05, 4.69) is 0 Å². The zero-order valence-electron chi connectivity index (χ0n) is 15.6. The average molecular weight is 355 g/mol. The molecule has 1 amide bonds. The predicted octanol–water partition coefficient (Wildman–Crippen LogP) is 3.70. The largest absolute Gasteiger partial charge is 0.494 e. The highest BCUT2D eigenvalue weighted by atomic mass is 16.5. The van der Waals surface area contributed by atoms with Crippen molar-refractivity contribution in [2.45, 2.75) is 45.6 Å². The number of nitrogens with zero attached hydrogens (tertiary/aromatic N) is 1. The molecular weight excluding hydrogens is 330 g/mol. The van der Waals surface area contributed by atoms with Gasteiger partial charge in [0, 0.05) is 11.7 Å². The highest BCUT2D eigenvalue weighted by molar-refractivity contribution is 6.16. The summed E-state index contributed by atoms with van der Waals surface area (Å²) in [4.78, 5) is 27.2. The van der Waals surface area contributed by atoms with Crippen molar-refractivity contribution in [1.82, 2.24) is 4.90 Å². The number of esters is 1. The molecule has 2 aliphatic rings. The maximum atomic E-state index is 13.1. The fourth-order valence-electron chi connectivity index (χ4n) is 3.79. The first-order valence-corrected chi connectivity index (χ1v) is 9.14. The van der Waals surface area contributed by atoms with Crippen LogP contribution in [0.5, 0.6) is 5.75 Å². The molecule has 138 valence electrons. The van der Waals surface area contributed by atoms with Crippen molar-refractivity contribution in [3.05, 3.63) is 46.7 Å². The van der Waals surface area contributed by atoms with Gasteiger partial charge in [0.2, 0.25) is 0 Å². The van der Waals surface area contributed by atoms with Gasteiger partial charge in [-0.05, 0) is 50.5 Å². The van der Waals surface area contributed by atoms with Gasteiger partial charge in [-0.1, -0.05) is 25.0 Å². The third-order valence-electron chi connectivity index (χ3n) is 5.02. The molecule has 26 heavy (non-hydrogen) atoms. The standard InChI is InChI=1S/C21H25NO4/c1-4-26-17-11-9-15(10-12-17)13-18-19(21(24)25-3)14(2)22(20(18)23)16-7-5-6-8-16/h9-13,16H,4-8H2,1-3H3. The second-order valence-corrected chi connectivity index (χ2v) is 6.63. The van der Waals surface area contributed by atoms with E-state index in [0.717, 1.165) is 37.0 Å². The summed E-state index contributed by atoms with van der Waals surface area (Å²) in [7, 11) is 1.35. The zero-order valence-corrected chi connectivity index (χ0v) is 15.6. The number of amides is 1. The van der Waals surface area contributed by atoms with E-state index in [-0.39, 0.29) is 11.9 Å². The molecule has 1 aliphatic carbocycles. The molecule has 1 heterocycles. The van der Waals surface area contributed by atoms with E-state index in [1.54, 1.807) is 11.0 Å². The molecule has 1 saturated carbocycles. The van der Waals surface area contributed by atoms with Gasteiger partial charge in [-0.3, -0.25) is 4.79 Å². The van der Waals surface area contributed by atoms with E-state index in [9.17, 15) is 9.59 Å². The molecule has 0 radical (unpaired) electrons. The number of hydrogen-bond acceptors (Lipinski definition) is 4. The molecule has 1 fully saturated rings. The van der Waals surface area contributed by atoms with E-state index < -0.39 is 5.97 Å². The van der Waals surface area contributed by atoms with Crippen molar-refractivity contribution in [2.75, 3.05) is 13.7 Å². The summed E-state index contributed by atoms with van der Waals surface area (Å²) in [6, 6.07) is 7.66. The van der Waals surface area contributed by atoms with E-state index in [0.29, 0.717) is 23.5 Å². The number of ether oxygens (including phenoxy) is 2. The van der Waals surface area contributed by atoms with Crippen molar-refractivity contribution < 1.29 is 19.1 Å². The molecular formula is C21H25NO4. The molecule has 1 aliphatic heterocycles. The second kappa shape index (κ2) is 7.77.